The number of amides is 1. The van der Waals surface area contributed by atoms with Crippen LogP contribution in [0.15, 0.2) is 12.2 Å². The lowest BCUT2D eigenvalue weighted by Crippen LogP contribution is -2.50. The standard InChI is InChI=1S/C10H18O6Si.C4H7NO/c1-7(2)6-17(14-8(3)11,15-9(4)12)16-10(5)13;1-3(2)4(5)6/h7H,6H2,1-5H3;1H2,2H3,(H2,5,6). The smallest absolute Gasteiger partial charge is 0.455 e. The maximum atomic E-state index is 11.0. The second-order valence-electron chi connectivity index (χ2n) is 5.21. The van der Waals surface area contributed by atoms with Crippen LogP contribution in [0.2, 0.25) is 6.04 Å². The Labute approximate surface area is 137 Å². The van der Waals surface area contributed by atoms with Gasteiger partial charge in [-0.1, -0.05) is 20.4 Å². The lowest BCUT2D eigenvalue weighted by Gasteiger charge is -2.27. The van der Waals surface area contributed by atoms with E-state index in [0.29, 0.717) is 5.57 Å². The van der Waals surface area contributed by atoms with Gasteiger partial charge in [-0.05, 0) is 12.8 Å². The van der Waals surface area contributed by atoms with Gasteiger partial charge in [0.15, 0.2) is 0 Å². The number of primary amides is 1. The maximum absolute atomic E-state index is 11.0. The monoisotopic (exact) mass is 347 g/mol. The molecule has 0 radical (unpaired) electrons. The van der Waals surface area contributed by atoms with Crippen LogP contribution in [0.3, 0.4) is 0 Å². The van der Waals surface area contributed by atoms with E-state index >= 15 is 0 Å². The Balaban J connectivity index is 0. The zero-order chi connectivity index (χ0) is 18.8. The molecule has 0 aromatic heterocycles. The first-order chi connectivity index (χ1) is 10.3. The van der Waals surface area contributed by atoms with Crippen molar-refractivity contribution >= 4 is 32.6 Å². The van der Waals surface area contributed by atoms with E-state index in [4.69, 9.17) is 19.0 Å². The summed E-state index contributed by atoms with van der Waals surface area (Å²) in [6.45, 7) is 12.1. The van der Waals surface area contributed by atoms with Crippen LogP contribution in [0.4, 0.5) is 0 Å². The third-order valence-corrected chi connectivity index (χ3v) is 5.09. The summed E-state index contributed by atoms with van der Waals surface area (Å²) < 4.78 is 15.0. The highest BCUT2D eigenvalue weighted by Crippen LogP contribution is 2.22. The van der Waals surface area contributed by atoms with E-state index in [9.17, 15) is 19.2 Å². The Morgan fingerprint density at radius 2 is 1.17 bits per heavy atom. The zero-order valence-corrected chi connectivity index (χ0v) is 15.4. The topological polar surface area (TPSA) is 122 Å². The van der Waals surface area contributed by atoms with Crippen LogP contribution in [0.25, 0.3) is 0 Å². The molecule has 2 N–H and O–H groups in total. The number of hydrogen-bond donors (Lipinski definition) is 1. The normalized spacial score (nSPS) is 10.0. The number of carbonyl (C=O) groups is 4. The molecule has 0 aromatic rings. The Bertz CT molecular complexity index is 421. The Morgan fingerprint density at radius 3 is 1.30 bits per heavy atom. The summed E-state index contributed by atoms with van der Waals surface area (Å²) in [6, 6.07) is 0.214. The minimum atomic E-state index is -3.60. The Morgan fingerprint density at radius 1 is 0.913 bits per heavy atom. The minimum absolute atomic E-state index is 0.0553. The van der Waals surface area contributed by atoms with Crippen molar-refractivity contribution in [3.8, 4) is 0 Å². The average molecular weight is 347 g/mol. The van der Waals surface area contributed by atoms with Crippen LogP contribution in [0, 0.1) is 5.92 Å². The summed E-state index contributed by atoms with van der Waals surface area (Å²) in [7, 11) is -3.60. The van der Waals surface area contributed by atoms with Crippen LogP contribution in [0.5, 0.6) is 0 Å². The highest BCUT2D eigenvalue weighted by atomic mass is 28.4. The third-order valence-electron chi connectivity index (χ3n) is 1.98. The van der Waals surface area contributed by atoms with Crippen LogP contribution in [-0.2, 0) is 32.5 Å². The summed E-state index contributed by atoms with van der Waals surface area (Å²) in [6.07, 6.45) is 0. The van der Waals surface area contributed by atoms with Crippen molar-refractivity contribution in [3.63, 3.8) is 0 Å². The Kier molecular flexibility index (Phi) is 10.6. The molecule has 0 saturated carbocycles. The molecule has 1 amide bonds. The van der Waals surface area contributed by atoms with Gasteiger partial charge in [-0.3, -0.25) is 19.2 Å². The van der Waals surface area contributed by atoms with Gasteiger partial charge in [0.2, 0.25) is 5.91 Å². The van der Waals surface area contributed by atoms with Crippen LogP contribution in [-0.4, -0.2) is 32.6 Å². The molecule has 0 saturated heterocycles. The van der Waals surface area contributed by atoms with Gasteiger partial charge >= 0.3 is 8.80 Å². The fourth-order valence-corrected chi connectivity index (χ4v) is 4.03. The van der Waals surface area contributed by atoms with Crippen molar-refractivity contribution in [2.45, 2.75) is 47.6 Å². The number of rotatable bonds is 6. The van der Waals surface area contributed by atoms with Gasteiger partial charge < -0.3 is 19.0 Å². The molecule has 0 aromatic carbocycles. The maximum Gasteiger partial charge on any atom is 0.705 e. The van der Waals surface area contributed by atoms with Crippen molar-refractivity contribution in [2.75, 3.05) is 0 Å². The summed E-state index contributed by atoms with van der Waals surface area (Å²) in [5.41, 5.74) is 5.09. The second kappa shape index (κ2) is 10.5. The highest BCUT2D eigenvalue weighted by Gasteiger charge is 2.52. The molecule has 0 fully saturated rings. The van der Waals surface area contributed by atoms with Crippen LogP contribution in [0.1, 0.15) is 41.5 Å². The summed E-state index contributed by atoms with van der Waals surface area (Å²) >= 11 is 0. The number of nitrogens with two attached hydrogens (primary N) is 1. The molecule has 0 unspecified atom stereocenters. The predicted molar refractivity (Wildman–Crippen MR) is 84.7 cm³/mol. The number of hydrogen-bond acceptors (Lipinski definition) is 7. The molecule has 0 aliphatic heterocycles. The molecule has 0 heterocycles. The average Bonchev–Trinajstić information content (AvgIpc) is 2.23. The molecule has 132 valence electrons. The molecular weight excluding hydrogens is 322 g/mol. The lowest BCUT2D eigenvalue weighted by molar-refractivity contribution is -0.148. The van der Waals surface area contributed by atoms with Gasteiger partial charge in [-0.2, -0.15) is 0 Å². The van der Waals surface area contributed by atoms with Gasteiger partial charge in [-0.25, -0.2) is 0 Å². The van der Waals surface area contributed by atoms with E-state index in [1.807, 2.05) is 13.8 Å². The van der Waals surface area contributed by atoms with Crippen LogP contribution >= 0.6 is 0 Å². The van der Waals surface area contributed by atoms with Crippen molar-refractivity contribution < 1.29 is 32.5 Å². The summed E-state index contributed by atoms with van der Waals surface area (Å²) in [5, 5.41) is 0. The first-order valence-corrected chi connectivity index (χ1v) is 8.78. The highest BCUT2D eigenvalue weighted by molar-refractivity contribution is 6.65. The van der Waals surface area contributed by atoms with Gasteiger partial charge in [0.1, 0.15) is 0 Å². The molecule has 8 nitrogen and oxygen atoms in total. The zero-order valence-electron chi connectivity index (χ0n) is 14.4. The lowest BCUT2D eigenvalue weighted by atomic mass is 10.3. The molecule has 0 atom stereocenters. The van der Waals surface area contributed by atoms with E-state index in [1.165, 1.54) is 20.8 Å². The molecule has 23 heavy (non-hydrogen) atoms. The molecule has 0 aliphatic carbocycles. The fourth-order valence-electron chi connectivity index (χ4n) is 1.34. The van der Waals surface area contributed by atoms with Gasteiger partial charge in [0.05, 0.1) is 6.04 Å². The quantitative estimate of drug-likeness (QED) is 0.568. The fraction of sp³-hybridized carbons (Fsp3) is 0.571. The molecular formula is C14H25NO7Si. The van der Waals surface area contributed by atoms with E-state index in [-0.39, 0.29) is 12.0 Å². The minimum Gasteiger partial charge on any atom is -0.455 e. The first kappa shape index (κ1) is 23.1. The molecule has 0 aliphatic rings. The van der Waals surface area contributed by atoms with E-state index < -0.39 is 32.6 Å². The number of carbonyl (C=O) groups excluding carboxylic acids is 4. The molecule has 0 rings (SSSR count). The summed E-state index contributed by atoms with van der Waals surface area (Å²) in [4.78, 5) is 42.9. The van der Waals surface area contributed by atoms with E-state index in [2.05, 4.69) is 6.58 Å². The predicted octanol–water partition coefficient (Wildman–Crippen LogP) is 1.32. The molecule has 9 heteroatoms. The van der Waals surface area contributed by atoms with Crippen molar-refractivity contribution in [1.29, 1.82) is 0 Å². The SMILES string of the molecule is C=C(C)C(N)=O.CC(=O)O[Si](CC(C)C)(OC(C)=O)OC(C)=O. The van der Waals surface area contributed by atoms with E-state index in [1.54, 1.807) is 6.92 Å². The molecule has 0 bridgehead atoms. The van der Waals surface area contributed by atoms with Crippen molar-refractivity contribution in [3.05, 3.63) is 12.2 Å². The van der Waals surface area contributed by atoms with Gasteiger partial charge in [0.25, 0.3) is 17.9 Å². The van der Waals surface area contributed by atoms with Gasteiger partial charge in [0, 0.05) is 26.3 Å². The van der Waals surface area contributed by atoms with Crippen molar-refractivity contribution in [2.24, 2.45) is 11.7 Å². The second-order valence-corrected chi connectivity index (χ2v) is 7.59. The van der Waals surface area contributed by atoms with E-state index in [0.717, 1.165) is 0 Å². The Hall–Kier alpha value is -2.16. The first-order valence-electron chi connectivity index (χ1n) is 6.85. The van der Waals surface area contributed by atoms with Crippen molar-refractivity contribution in [1.82, 2.24) is 0 Å². The third kappa shape index (κ3) is 13.2. The van der Waals surface area contributed by atoms with Gasteiger partial charge in [-0.15, -0.1) is 0 Å². The largest absolute Gasteiger partial charge is 0.705 e. The molecule has 0 spiro atoms. The van der Waals surface area contributed by atoms with Crippen LogP contribution < -0.4 is 5.73 Å². The summed E-state index contributed by atoms with van der Waals surface area (Å²) in [5.74, 6) is -2.30.